The van der Waals surface area contributed by atoms with Gasteiger partial charge >= 0.3 is 0 Å². The lowest BCUT2D eigenvalue weighted by Crippen LogP contribution is -2.09. The summed E-state index contributed by atoms with van der Waals surface area (Å²) >= 11 is 0. The Morgan fingerprint density at radius 3 is 3.00 bits per heavy atom. The fraction of sp³-hybridized carbons (Fsp3) is 0.308. The first-order valence-electron chi connectivity index (χ1n) is 6.33. The van der Waals surface area contributed by atoms with E-state index in [0.29, 0.717) is 12.2 Å². The molecule has 20 heavy (non-hydrogen) atoms. The van der Waals surface area contributed by atoms with Crippen LogP contribution in [0, 0.1) is 10.1 Å². The molecule has 0 aliphatic rings. The number of aromatic hydroxyl groups is 1. The van der Waals surface area contributed by atoms with Gasteiger partial charge in [0.15, 0.2) is 0 Å². The van der Waals surface area contributed by atoms with Crippen molar-refractivity contribution < 1.29 is 10.0 Å². The third-order valence-electron chi connectivity index (χ3n) is 2.88. The van der Waals surface area contributed by atoms with Gasteiger partial charge in [-0.2, -0.15) is 0 Å². The molecule has 1 heterocycles. The van der Waals surface area contributed by atoms with E-state index >= 15 is 0 Å². The van der Waals surface area contributed by atoms with Gasteiger partial charge in [-0.15, -0.1) is 0 Å². The summed E-state index contributed by atoms with van der Waals surface area (Å²) in [7, 11) is 0. The number of nitrogens with zero attached hydrogens (tertiary/aromatic N) is 3. The Hall–Kier alpha value is -2.57. The van der Waals surface area contributed by atoms with Crippen molar-refractivity contribution >= 4 is 11.4 Å². The standard InChI is InChI=1S/C13H16N4O3/c1-2-6-16-7-5-14-13(16)9-15-11-4-3-10(18)8-12(11)17(19)20/h3-5,7-8,15,18H,2,6,9H2,1H3. The minimum Gasteiger partial charge on any atom is -0.508 e. The number of aryl methyl sites for hydroxylation is 1. The zero-order valence-electron chi connectivity index (χ0n) is 11.1. The van der Waals surface area contributed by atoms with Gasteiger partial charge in [-0.25, -0.2) is 4.98 Å². The monoisotopic (exact) mass is 276 g/mol. The van der Waals surface area contributed by atoms with Crippen LogP contribution in [0.25, 0.3) is 0 Å². The SMILES string of the molecule is CCCn1ccnc1CNc1ccc(O)cc1[N+](=O)[O-]. The molecule has 0 aliphatic carbocycles. The Balaban J connectivity index is 2.14. The van der Waals surface area contributed by atoms with Crippen molar-refractivity contribution in [3.8, 4) is 5.75 Å². The van der Waals surface area contributed by atoms with Crippen molar-refractivity contribution in [2.45, 2.75) is 26.4 Å². The van der Waals surface area contributed by atoms with Gasteiger partial charge in [0.2, 0.25) is 0 Å². The van der Waals surface area contributed by atoms with E-state index in [1.807, 2.05) is 10.8 Å². The first-order valence-corrected chi connectivity index (χ1v) is 6.33. The summed E-state index contributed by atoms with van der Waals surface area (Å²) < 4.78 is 2.00. The number of nitrogens with one attached hydrogen (secondary N) is 1. The molecule has 0 atom stereocenters. The summed E-state index contributed by atoms with van der Waals surface area (Å²) in [5, 5.41) is 23.2. The maximum Gasteiger partial charge on any atom is 0.296 e. The number of phenolic OH excluding ortho intramolecular Hbond substituents is 1. The number of aromatic nitrogens is 2. The highest BCUT2D eigenvalue weighted by Crippen LogP contribution is 2.28. The molecule has 1 aromatic carbocycles. The molecule has 0 bridgehead atoms. The number of benzene rings is 1. The van der Waals surface area contributed by atoms with Crippen LogP contribution in [0.2, 0.25) is 0 Å². The minimum absolute atomic E-state index is 0.130. The number of nitro groups is 1. The van der Waals surface area contributed by atoms with Crippen molar-refractivity contribution in [2.24, 2.45) is 0 Å². The third kappa shape index (κ3) is 3.05. The van der Waals surface area contributed by atoms with E-state index < -0.39 is 4.92 Å². The van der Waals surface area contributed by atoms with Crippen molar-refractivity contribution in [1.29, 1.82) is 0 Å². The van der Waals surface area contributed by atoms with Crippen molar-refractivity contribution in [1.82, 2.24) is 9.55 Å². The van der Waals surface area contributed by atoms with E-state index in [1.54, 1.807) is 6.20 Å². The second-order valence-corrected chi connectivity index (χ2v) is 4.35. The first-order chi connectivity index (χ1) is 9.61. The minimum atomic E-state index is -0.527. The molecular formula is C13H16N4O3. The summed E-state index contributed by atoms with van der Waals surface area (Å²) in [5.74, 6) is 0.684. The first kappa shape index (κ1) is 13.9. The van der Waals surface area contributed by atoms with Crippen molar-refractivity contribution in [3.63, 3.8) is 0 Å². The lowest BCUT2D eigenvalue weighted by molar-refractivity contribution is -0.384. The highest BCUT2D eigenvalue weighted by molar-refractivity contribution is 5.63. The lowest BCUT2D eigenvalue weighted by atomic mass is 10.2. The van der Waals surface area contributed by atoms with E-state index in [0.717, 1.165) is 24.9 Å². The molecule has 0 aliphatic heterocycles. The summed E-state index contributed by atoms with van der Waals surface area (Å²) in [5.41, 5.74) is 0.206. The number of imidazole rings is 1. The Kier molecular flexibility index (Phi) is 4.19. The Labute approximate surface area is 116 Å². The van der Waals surface area contributed by atoms with Gasteiger partial charge in [-0.05, 0) is 18.6 Å². The molecule has 0 saturated carbocycles. The molecule has 7 nitrogen and oxygen atoms in total. The molecule has 2 rings (SSSR count). The smallest absolute Gasteiger partial charge is 0.296 e. The third-order valence-corrected chi connectivity index (χ3v) is 2.88. The normalized spacial score (nSPS) is 10.4. The van der Waals surface area contributed by atoms with E-state index in [9.17, 15) is 15.2 Å². The Morgan fingerprint density at radius 1 is 1.50 bits per heavy atom. The maximum atomic E-state index is 10.9. The van der Waals surface area contributed by atoms with Crippen molar-refractivity contribution in [2.75, 3.05) is 5.32 Å². The van der Waals surface area contributed by atoms with Crippen LogP contribution in [-0.4, -0.2) is 19.6 Å². The molecule has 0 fully saturated rings. The molecule has 2 N–H and O–H groups in total. The number of rotatable bonds is 6. The highest BCUT2D eigenvalue weighted by Gasteiger charge is 2.14. The van der Waals surface area contributed by atoms with E-state index in [2.05, 4.69) is 17.2 Å². The Morgan fingerprint density at radius 2 is 2.30 bits per heavy atom. The predicted molar refractivity (Wildman–Crippen MR) is 74.6 cm³/mol. The fourth-order valence-corrected chi connectivity index (χ4v) is 1.95. The van der Waals surface area contributed by atoms with Crippen LogP contribution in [0.1, 0.15) is 19.2 Å². The molecular weight excluding hydrogens is 260 g/mol. The number of nitro benzene ring substituents is 1. The van der Waals surface area contributed by atoms with Gasteiger partial charge in [0.05, 0.1) is 17.5 Å². The van der Waals surface area contributed by atoms with Crippen LogP contribution in [-0.2, 0) is 13.1 Å². The van der Waals surface area contributed by atoms with Crippen LogP contribution in [0.5, 0.6) is 5.75 Å². The van der Waals surface area contributed by atoms with E-state index in [-0.39, 0.29) is 11.4 Å². The van der Waals surface area contributed by atoms with Gasteiger partial charge in [-0.3, -0.25) is 10.1 Å². The van der Waals surface area contributed by atoms with E-state index in [1.165, 1.54) is 12.1 Å². The molecule has 2 aromatic rings. The largest absolute Gasteiger partial charge is 0.508 e. The zero-order chi connectivity index (χ0) is 14.5. The Bertz CT molecular complexity index is 609. The lowest BCUT2D eigenvalue weighted by Gasteiger charge is -2.09. The average molecular weight is 276 g/mol. The maximum absolute atomic E-state index is 10.9. The number of hydrogen-bond acceptors (Lipinski definition) is 5. The van der Waals surface area contributed by atoms with Crippen LogP contribution in [0.15, 0.2) is 30.6 Å². The van der Waals surface area contributed by atoms with Crippen LogP contribution < -0.4 is 5.32 Å². The quantitative estimate of drug-likeness (QED) is 0.480. The molecule has 0 unspecified atom stereocenters. The van der Waals surface area contributed by atoms with Gasteiger partial charge in [0, 0.05) is 18.9 Å². The average Bonchev–Trinajstić information content (AvgIpc) is 2.85. The molecule has 7 heteroatoms. The molecule has 106 valence electrons. The van der Waals surface area contributed by atoms with E-state index in [4.69, 9.17) is 0 Å². The number of phenols is 1. The zero-order valence-corrected chi connectivity index (χ0v) is 11.1. The molecule has 0 radical (unpaired) electrons. The van der Waals surface area contributed by atoms with Gasteiger partial charge in [-0.1, -0.05) is 6.92 Å². The topological polar surface area (TPSA) is 93.2 Å². The van der Waals surface area contributed by atoms with Crippen LogP contribution >= 0.6 is 0 Å². The molecule has 0 spiro atoms. The summed E-state index contributed by atoms with van der Waals surface area (Å²) in [6, 6.07) is 4.02. The summed E-state index contributed by atoms with van der Waals surface area (Å²) in [6.07, 6.45) is 4.58. The molecule has 1 aromatic heterocycles. The van der Waals surface area contributed by atoms with Gasteiger partial charge in [0.1, 0.15) is 17.3 Å². The number of hydrogen-bond donors (Lipinski definition) is 2. The fourth-order valence-electron chi connectivity index (χ4n) is 1.95. The summed E-state index contributed by atoms with van der Waals surface area (Å²) in [4.78, 5) is 14.6. The second-order valence-electron chi connectivity index (χ2n) is 4.35. The van der Waals surface area contributed by atoms with Crippen LogP contribution in [0.4, 0.5) is 11.4 Å². The predicted octanol–water partition coefficient (Wildman–Crippen LogP) is 2.52. The number of anilines is 1. The highest BCUT2D eigenvalue weighted by atomic mass is 16.6. The molecule has 0 amide bonds. The second kappa shape index (κ2) is 6.05. The van der Waals surface area contributed by atoms with Gasteiger partial charge < -0.3 is 15.0 Å². The van der Waals surface area contributed by atoms with Gasteiger partial charge in [0.25, 0.3) is 5.69 Å². The van der Waals surface area contributed by atoms with Crippen molar-refractivity contribution in [3.05, 3.63) is 46.5 Å². The summed E-state index contributed by atoms with van der Waals surface area (Å²) in [6.45, 7) is 3.31. The van der Waals surface area contributed by atoms with Crippen LogP contribution in [0.3, 0.4) is 0 Å². The molecule has 0 saturated heterocycles.